The molecule has 1 aromatic heterocycles. The van der Waals surface area contributed by atoms with E-state index >= 15 is 0 Å². The Bertz CT molecular complexity index is 592. The van der Waals surface area contributed by atoms with E-state index in [1.54, 1.807) is 11.3 Å². The van der Waals surface area contributed by atoms with E-state index in [2.05, 4.69) is 27.0 Å². The zero-order valence-electron chi connectivity index (χ0n) is 12.3. The number of carbonyl (C=O) groups is 1. The fourth-order valence-corrected chi connectivity index (χ4v) is 3.26. The monoisotopic (exact) mass is 320 g/mol. The van der Waals surface area contributed by atoms with Gasteiger partial charge in [0.25, 0.3) is 0 Å². The third kappa shape index (κ3) is 4.08. The molecule has 1 fully saturated rings. The van der Waals surface area contributed by atoms with Crippen LogP contribution in [0.3, 0.4) is 0 Å². The molecule has 0 spiro atoms. The third-order valence-corrected chi connectivity index (χ3v) is 4.49. The molecule has 0 saturated carbocycles. The molecule has 1 aliphatic rings. The van der Waals surface area contributed by atoms with Crippen LogP contribution in [0.25, 0.3) is 10.2 Å². The van der Waals surface area contributed by atoms with Crippen molar-refractivity contribution < 1.29 is 9.53 Å². The van der Waals surface area contributed by atoms with Crippen LogP contribution in [-0.4, -0.2) is 43.4 Å². The maximum Gasteiger partial charge on any atom is 0.314 e. The maximum atomic E-state index is 11.6. The van der Waals surface area contributed by atoms with Gasteiger partial charge in [0.05, 0.1) is 16.3 Å². The Morgan fingerprint density at radius 2 is 2.23 bits per heavy atom. The lowest BCUT2D eigenvalue weighted by Crippen LogP contribution is -2.41. The summed E-state index contributed by atoms with van der Waals surface area (Å²) in [6.07, 6.45) is 2.28. The van der Waals surface area contributed by atoms with E-state index in [4.69, 9.17) is 4.74 Å². The second-order valence-electron chi connectivity index (χ2n) is 5.19. The van der Waals surface area contributed by atoms with Crippen LogP contribution in [0.1, 0.15) is 12.8 Å². The molecule has 22 heavy (non-hydrogen) atoms. The van der Waals surface area contributed by atoms with Crippen molar-refractivity contribution in [1.82, 2.24) is 15.6 Å². The molecule has 1 unspecified atom stereocenters. The summed E-state index contributed by atoms with van der Waals surface area (Å²) in [5, 5.41) is 9.75. The number of urea groups is 1. The number of amides is 2. The third-order valence-electron chi connectivity index (χ3n) is 3.49. The largest absolute Gasteiger partial charge is 0.376 e. The van der Waals surface area contributed by atoms with Gasteiger partial charge in [-0.25, -0.2) is 9.78 Å². The van der Waals surface area contributed by atoms with Crippen molar-refractivity contribution in [2.75, 3.05) is 31.6 Å². The standard InChI is InChI=1S/C15H20N4O2S/c20-14(18-10-11-4-3-9-21-11)16-7-8-17-15-19-12-5-1-2-6-13(12)22-15/h1-2,5-6,11H,3-4,7-10H2,(H,17,19)(H2,16,18,20). The first-order chi connectivity index (χ1) is 10.8. The van der Waals surface area contributed by atoms with Crippen molar-refractivity contribution in [3.63, 3.8) is 0 Å². The Balaban J connectivity index is 1.33. The summed E-state index contributed by atoms with van der Waals surface area (Å²) < 4.78 is 6.61. The van der Waals surface area contributed by atoms with Gasteiger partial charge in [0.15, 0.2) is 5.13 Å². The van der Waals surface area contributed by atoms with Crippen LogP contribution in [0.4, 0.5) is 9.93 Å². The summed E-state index contributed by atoms with van der Waals surface area (Å²) in [7, 11) is 0. The molecule has 2 heterocycles. The minimum atomic E-state index is -0.151. The number of para-hydroxylation sites is 1. The van der Waals surface area contributed by atoms with Crippen LogP contribution in [-0.2, 0) is 4.74 Å². The first-order valence-corrected chi connectivity index (χ1v) is 8.35. The van der Waals surface area contributed by atoms with Gasteiger partial charge in [0.1, 0.15) is 0 Å². The van der Waals surface area contributed by atoms with Crippen LogP contribution >= 0.6 is 11.3 Å². The van der Waals surface area contributed by atoms with E-state index < -0.39 is 0 Å². The SMILES string of the molecule is O=C(NCCNc1nc2ccccc2s1)NCC1CCCO1. The zero-order chi connectivity index (χ0) is 15.2. The Labute approximate surface area is 133 Å². The summed E-state index contributed by atoms with van der Waals surface area (Å²) in [5.74, 6) is 0. The highest BCUT2D eigenvalue weighted by molar-refractivity contribution is 7.22. The van der Waals surface area contributed by atoms with Gasteiger partial charge in [0.2, 0.25) is 0 Å². The number of hydrogen-bond acceptors (Lipinski definition) is 5. The van der Waals surface area contributed by atoms with Crippen LogP contribution in [0, 0.1) is 0 Å². The Morgan fingerprint density at radius 3 is 3.05 bits per heavy atom. The summed E-state index contributed by atoms with van der Waals surface area (Å²) in [5.41, 5.74) is 0.997. The summed E-state index contributed by atoms with van der Waals surface area (Å²) in [6.45, 7) is 2.58. The van der Waals surface area contributed by atoms with Crippen molar-refractivity contribution >= 4 is 32.7 Å². The molecule has 1 aliphatic heterocycles. The normalized spacial score (nSPS) is 17.5. The molecule has 0 radical (unpaired) electrons. The van der Waals surface area contributed by atoms with Crippen molar-refractivity contribution in [2.45, 2.75) is 18.9 Å². The van der Waals surface area contributed by atoms with Crippen molar-refractivity contribution in [3.8, 4) is 0 Å². The highest BCUT2D eigenvalue weighted by Crippen LogP contribution is 2.24. The second kappa shape index (κ2) is 7.42. The van der Waals surface area contributed by atoms with Crippen molar-refractivity contribution in [1.29, 1.82) is 0 Å². The predicted molar refractivity (Wildman–Crippen MR) is 88.5 cm³/mol. The molecule has 118 valence electrons. The minimum Gasteiger partial charge on any atom is -0.376 e. The molecule has 7 heteroatoms. The first kappa shape index (κ1) is 15.1. The van der Waals surface area contributed by atoms with E-state index in [0.29, 0.717) is 19.6 Å². The number of hydrogen-bond donors (Lipinski definition) is 3. The Morgan fingerprint density at radius 1 is 1.32 bits per heavy atom. The first-order valence-electron chi connectivity index (χ1n) is 7.54. The number of rotatable bonds is 6. The lowest BCUT2D eigenvalue weighted by Gasteiger charge is -2.11. The van der Waals surface area contributed by atoms with Crippen molar-refractivity contribution in [3.05, 3.63) is 24.3 Å². The molecular formula is C15H20N4O2S. The summed E-state index contributed by atoms with van der Waals surface area (Å²) in [6, 6.07) is 7.88. The quantitative estimate of drug-likeness (QED) is 0.713. The Kier molecular flexibility index (Phi) is 5.07. The number of anilines is 1. The summed E-state index contributed by atoms with van der Waals surface area (Å²) in [4.78, 5) is 16.1. The lowest BCUT2D eigenvalue weighted by molar-refractivity contribution is 0.111. The zero-order valence-corrected chi connectivity index (χ0v) is 13.1. The number of benzene rings is 1. The molecule has 0 bridgehead atoms. The van der Waals surface area contributed by atoms with E-state index in [-0.39, 0.29) is 12.1 Å². The van der Waals surface area contributed by atoms with Crippen LogP contribution < -0.4 is 16.0 Å². The maximum absolute atomic E-state index is 11.6. The topological polar surface area (TPSA) is 75.3 Å². The van der Waals surface area contributed by atoms with E-state index in [1.165, 1.54) is 0 Å². The number of thiazole rings is 1. The number of nitrogens with zero attached hydrogens (tertiary/aromatic N) is 1. The molecule has 6 nitrogen and oxygen atoms in total. The molecule has 3 N–H and O–H groups in total. The molecule has 0 aliphatic carbocycles. The molecule has 2 aromatic rings. The predicted octanol–water partition coefficient (Wildman–Crippen LogP) is 2.19. The lowest BCUT2D eigenvalue weighted by atomic mass is 10.2. The van der Waals surface area contributed by atoms with Gasteiger partial charge < -0.3 is 20.7 Å². The molecule has 1 aromatic carbocycles. The minimum absolute atomic E-state index is 0.151. The van der Waals surface area contributed by atoms with E-state index in [9.17, 15) is 4.79 Å². The van der Waals surface area contributed by atoms with Gasteiger partial charge >= 0.3 is 6.03 Å². The van der Waals surface area contributed by atoms with Gasteiger partial charge in [0, 0.05) is 26.2 Å². The molecule has 1 atom stereocenters. The molecule has 3 rings (SSSR count). The highest BCUT2D eigenvalue weighted by atomic mass is 32.1. The second-order valence-corrected chi connectivity index (χ2v) is 6.22. The number of ether oxygens (including phenoxy) is 1. The number of fused-ring (bicyclic) bond motifs is 1. The van der Waals surface area contributed by atoms with E-state index in [0.717, 1.165) is 34.8 Å². The van der Waals surface area contributed by atoms with Gasteiger partial charge in [-0.05, 0) is 25.0 Å². The van der Waals surface area contributed by atoms with E-state index in [1.807, 2.05) is 18.2 Å². The fourth-order valence-electron chi connectivity index (χ4n) is 2.37. The number of aromatic nitrogens is 1. The average Bonchev–Trinajstić information content (AvgIpc) is 3.18. The van der Waals surface area contributed by atoms with Gasteiger partial charge in [-0.15, -0.1) is 0 Å². The number of nitrogens with one attached hydrogen (secondary N) is 3. The fraction of sp³-hybridized carbons (Fsp3) is 0.467. The van der Waals surface area contributed by atoms with Crippen molar-refractivity contribution in [2.24, 2.45) is 0 Å². The van der Waals surface area contributed by atoms with Gasteiger partial charge in [-0.3, -0.25) is 0 Å². The average molecular weight is 320 g/mol. The van der Waals surface area contributed by atoms with Crippen LogP contribution in [0.5, 0.6) is 0 Å². The Hall–Kier alpha value is -1.86. The smallest absolute Gasteiger partial charge is 0.314 e. The van der Waals surface area contributed by atoms with Gasteiger partial charge in [-0.1, -0.05) is 23.5 Å². The molecule has 1 saturated heterocycles. The van der Waals surface area contributed by atoms with Crippen LogP contribution in [0.2, 0.25) is 0 Å². The summed E-state index contributed by atoms with van der Waals surface area (Å²) >= 11 is 1.62. The molecule has 2 amide bonds. The van der Waals surface area contributed by atoms with Crippen LogP contribution in [0.15, 0.2) is 24.3 Å². The van der Waals surface area contributed by atoms with Gasteiger partial charge in [-0.2, -0.15) is 0 Å². The number of carbonyl (C=O) groups excluding carboxylic acids is 1. The molecular weight excluding hydrogens is 300 g/mol. The highest BCUT2D eigenvalue weighted by Gasteiger charge is 2.15.